The van der Waals surface area contributed by atoms with Crippen LogP contribution < -0.4 is 14.8 Å². The topological polar surface area (TPSA) is 91.2 Å². The van der Waals surface area contributed by atoms with E-state index in [-0.39, 0.29) is 11.7 Å². The molecule has 0 fully saturated rings. The van der Waals surface area contributed by atoms with Crippen LogP contribution in [0.3, 0.4) is 0 Å². The summed E-state index contributed by atoms with van der Waals surface area (Å²) in [6.07, 6.45) is 3.40. The van der Waals surface area contributed by atoms with Crippen LogP contribution >= 0.6 is 11.8 Å². The summed E-state index contributed by atoms with van der Waals surface area (Å²) in [6.45, 7) is 0. The van der Waals surface area contributed by atoms with Crippen molar-refractivity contribution in [3.8, 4) is 28.6 Å². The van der Waals surface area contributed by atoms with Crippen LogP contribution in [0.15, 0.2) is 78.2 Å². The molecule has 162 valence electrons. The second-order valence-corrected chi connectivity index (χ2v) is 7.56. The lowest BCUT2D eigenvalue weighted by atomic mass is 10.2. The summed E-state index contributed by atoms with van der Waals surface area (Å²) in [5, 5.41) is 12.2. The number of para-hydroxylation sites is 2. The molecular formula is C23H21N5O3S. The first-order chi connectivity index (χ1) is 15.7. The van der Waals surface area contributed by atoms with Gasteiger partial charge in [-0.3, -0.25) is 14.3 Å². The number of nitrogens with one attached hydrogen (secondary N) is 1. The van der Waals surface area contributed by atoms with E-state index in [0.29, 0.717) is 22.4 Å². The summed E-state index contributed by atoms with van der Waals surface area (Å²) in [4.78, 5) is 16.6. The lowest BCUT2D eigenvalue weighted by Crippen LogP contribution is -2.14. The molecule has 2 aromatic carbocycles. The van der Waals surface area contributed by atoms with Crippen molar-refractivity contribution in [1.82, 2.24) is 19.7 Å². The van der Waals surface area contributed by atoms with Gasteiger partial charge in [0, 0.05) is 23.6 Å². The van der Waals surface area contributed by atoms with Crippen LogP contribution in [0.1, 0.15) is 0 Å². The van der Waals surface area contributed by atoms with Gasteiger partial charge in [-0.15, -0.1) is 10.2 Å². The Kier molecular flexibility index (Phi) is 6.66. The number of carbonyl (C=O) groups excluding carboxylic acids is 1. The van der Waals surface area contributed by atoms with Gasteiger partial charge >= 0.3 is 0 Å². The quantitative estimate of drug-likeness (QED) is 0.407. The number of pyridine rings is 1. The van der Waals surface area contributed by atoms with Crippen molar-refractivity contribution >= 4 is 23.4 Å². The summed E-state index contributed by atoms with van der Waals surface area (Å²) >= 11 is 1.29. The first-order valence-corrected chi connectivity index (χ1v) is 10.7. The van der Waals surface area contributed by atoms with Crippen molar-refractivity contribution in [3.63, 3.8) is 0 Å². The number of ether oxygens (including phenoxy) is 2. The molecule has 0 saturated carbocycles. The molecule has 2 heterocycles. The molecule has 9 heteroatoms. The van der Waals surface area contributed by atoms with Gasteiger partial charge in [-0.1, -0.05) is 23.9 Å². The fraction of sp³-hybridized carbons (Fsp3) is 0.130. The minimum absolute atomic E-state index is 0.153. The number of hydrogen-bond acceptors (Lipinski definition) is 7. The molecule has 0 aliphatic heterocycles. The van der Waals surface area contributed by atoms with Crippen LogP contribution in [-0.4, -0.2) is 45.6 Å². The number of amides is 1. The van der Waals surface area contributed by atoms with E-state index in [1.807, 2.05) is 41.0 Å². The molecule has 0 aliphatic carbocycles. The van der Waals surface area contributed by atoms with Crippen molar-refractivity contribution in [2.45, 2.75) is 5.16 Å². The fourth-order valence-electron chi connectivity index (χ4n) is 3.08. The summed E-state index contributed by atoms with van der Waals surface area (Å²) in [6, 6.07) is 18.5. The number of rotatable bonds is 8. The standard InChI is InChI=1S/C23H21N5O3S/c1-30-18-9-7-17(8-10-18)25-21(29)15-32-23-27-26-22(16-11-13-24-14-12-16)28(23)19-5-3-4-6-20(19)31-2/h3-14H,15H2,1-2H3,(H,25,29). The average molecular weight is 448 g/mol. The van der Waals surface area contributed by atoms with Gasteiger partial charge in [0.1, 0.15) is 11.5 Å². The average Bonchev–Trinajstić information content (AvgIpc) is 3.27. The van der Waals surface area contributed by atoms with Gasteiger partial charge in [0.2, 0.25) is 5.91 Å². The zero-order valence-electron chi connectivity index (χ0n) is 17.6. The molecule has 0 atom stereocenters. The molecule has 4 rings (SSSR count). The lowest BCUT2D eigenvalue weighted by Gasteiger charge is -2.13. The Morgan fingerprint density at radius 2 is 1.72 bits per heavy atom. The number of hydrogen-bond donors (Lipinski definition) is 1. The van der Waals surface area contributed by atoms with Crippen LogP contribution in [-0.2, 0) is 4.79 Å². The summed E-state index contributed by atoms with van der Waals surface area (Å²) in [5.74, 6) is 2.04. The molecule has 4 aromatic rings. The smallest absolute Gasteiger partial charge is 0.234 e. The van der Waals surface area contributed by atoms with Gasteiger partial charge in [0.05, 0.1) is 25.7 Å². The Hall–Kier alpha value is -3.85. The van der Waals surface area contributed by atoms with Gasteiger partial charge in [0.15, 0.2) is 11.0 Å². The maximum Gasteiger partial charge on any atom is 0.234 e. The molecule has 0 bridgehead atoms. The predicted octanol–water partition coefficient (Wildman–Crippen LogP) is 4.08. The maximum atomic E-state index is 12.5. The molecule has 32 heavy (non-hydrogen) atoms. The molecule has 0 radical (unpaired) electrons. The van der Waals surface area contributed by atoms with Gasteiger partial charge in [-0.2, -0.15) is 0 Å². The number of anilines is 1. The Morgan fingerprint density at radius 1 is 0.969 bits per heavy atom. The molecule has 0 spiro atoms. The molecular weight excluding hydrogens is 426 g/mol. The normalized spacial score (nSPS) is 10.6. The number of aromatic nitrogens is 4. The predicted molar refractivity (Wildman–Crippen MR) is 123 cm³/mol. The molecule has 1 amide bonds. The minimum Gasteiger partial charge on any atom is -0.497 e. The molecule has 0 saturated heterocycles. The number of methoxy groups -OCH3 is 2. The van der Waals surface area contributed by atoms with E-state index in [9.17, 15) is 4.79 Å². The van der Waals surface area contributed by atoms with E-state index in [0.717, 1.165) is 17.0 Å². The van der Waals surface area contributed by atoms with Crippen molar-refractivity contribution < 1.29 is 14.3 Å². The molecule has 0 aliphatic rings. The highest BCUT2D eigenvalue weighted by Crippen LogP contribution is 2.32. The third kappa shape index (κ3) is 4.73. The third-order valence-corrected chi connectivity index (χ3v) is 5.53. The van der Waals surface area contributed by atoms with Crippen molar-refractivity contribution in [2.75, 3.05) is 25.3 Å². The van der Waals surface area contributed by atoms with E-state index in [1.54, 1.807) is 50.9 Å². The van der Waals surface area contributed by atoms with Gasteiger partial charge in [0.25, 0.3) is 0 Å². The largest absolute Gasteiger partial charge is 0.497 e. The Morgan fingerprint density at radius 3 is 2.44 bits per heavy atom. The van der Waals surface area contributed by atoms with Crippen LogP contribution in [0.25, 0.3) is 17.1 Å². The fourth-order valence-corrected chi connectivity index (χ4v) is 3.83. The van der Waals surface area contributed by atoms with Crippen LogP contribution in [0.5, 0.6) is 11.5 Å². The van der Waals surface area contributed by atoms with Crippen LogP contribution in [0.2, 0.25) is 0 Å². The molecule has 2 aromatic heterocycles. The van der Waals surface area contributed by atoms with E-state index in [2.05, 4.69) is 20.5 Å². The second kappa shape index (κ2) is 9.97. The first kappa shape index (κ1) is 21.4. The van der Waals surface area contributed by atoms with E-state index in [4.69, 9.17) is 9.47 Å². The zero-order valence-corrected chi connectivity index (χ0v) is 18.4. The van der Waals surface area contributed by atoms with Gasteiger partial charge in [-0.25, -0.2) is 0 Å². The Balaban J connectivity index is 1.59. The highest BCUT2D eigenvalue weighted by Gasteiger charge is 2.19. The number of benzene rings is 2. The van der Waals surface area contributed by atoms with Gasteiger partial charge < -0.3 is 14.8 Å². The monoisotopic (exact) mass is 447 g/mol. The summed E-state index contributed by atoms with van der Waals surface area (Å²) < 4.78 is 12.6. The summed E-state index contributed by atoms with van der Waals surface area (Å²) in [7, 11) is 3.22. The van der Waals surface area contributed by atoms with E-state index >= 15 is 0 Å². The highest BCUT2D eigenvalue weighted by molar-refractivity contribution is 7.99. The number of thioether (sulfide) groups is 1. The minimum atomic E-state index is -0.153. The van der Waals surface area contributed by atoms with Crippen molar-refractivity contribution in [2.24, 2.45) is 0 Å². The van der Waals surface area contributed by atoms with Crippen LogP contribution in [0.4, 0.5) is 5.69 Å². The lowest BCUT2D eigenvalue weighted by molar-refractivity contribution is -0.113. The first-order valence-electron chi connectivity index (χ1n) is 9.75. The highest BCUT2D eigenvalue weighted by atomic mass is 32.2. The molecule has 1 N–H and O–H groups in total. The van der Waals surface area contributed by atoms with E-state index in [1.165, 1.54) is 11.8 Å². The number of carbonyl (C=O) groups is 1. The third-order valence-electron chi connectivity index (χ3n) is 4.60. The zero-order chi connectivity index (χ0) is 22.3. The van der Waals surface area contributed by atoms with E-state index < -0.39 is 0 Å². The van der Waals surface area contributed by atoms with Crippen molar-refractivity contribution in [1.29, 1.82) is 0 Å². The SMILES string of the molecule is COc1ccc(NC(=O)CSc2nnc(-c3ccncc3)n2-c2ccccc2OC)cc1. The Labute approximate surface area is 189 Å². The molecule has 0 unspecified atom stereocenters. The Bertz CT molecular complexity index is 1200. The molecule has 8 nitrogen and oxygen atoms in total. The number of nitrogens with zero attached hydrogens (tertiary/aromatic N) is 4. The van der Waals surface area contributed by atoms with Crippen LogP contribution in [0, 0.1) is 0 Å². The second-order valence-electron chi connectivity index (χ2n) is 6.61. The summed E-state index contributed by atoms with van der Waals surface area (Å²) in [5.41, 5.74) is 2.33. The maximum absolute atomic E-state index is 12.5. The van der Waals surface area contributed by atoms with Crippen molar-refractivity contribution in [3.05, 3.63) is 73.1 Å². The van der Waals surface area contributed by atoms with Gasteiger partial charge in [-0.05, 0) is 48.5 Å².